The van der Waals surface area contributed by atoms with Crippen molar-refractivity contribution in [3.63, 3.8) is 0 Å². The number of rotatable bonds is 4. The minimum absolute atomic E-state index is 0.702. The molecule has 0 aromatic heterocycles. The van der Waals surface area contributed by atoms with Crippen molar-refractivity contribution in [3.8, 4) is 18.1 Å². The van der Waals surface area contributed by atoms with Crippen LogP contribution in [-0.2, 0) is 0 Å². The van der Waals surface area contributed by atoms with Crippen molar-refractivity contribution < 1.29 is 4.74 Å². The monoisotopic (exact) mass is 174 g/mol. The largest absolute Gasteiger partial charge is 0.494 e. The molecule has 0 heterocycles. The number of unbranched alkanes of at least 4 members (excludes halogenated alkanes) is 1. The topological polar surface area (TPSA) is 9.23 Å². The van der Waals surface area contributed by atoms with Crippen LogP contribution < -0.4 is 4.74 Å². The van der Waals surface area contributed by atoms with Gasteiger partial charge in [0.15, 0.2) is 0 Å². The van der Waals surface area contributed by atoms with Gasteiger partial charge in [-0.1, -0.05) is 17.7 Å². The molecule has 0 fully saturated rings. The minimum atomic E-state index is 0.702. The van der Waals surface area contributed by atoms with Crippen LogP contribution in [0.5, 0.6) is 5.75 Å². The van der Waals surface area contributed by atoms with Crippen LogP contribution >= 0.6 is 0 Å². The van der Waals surface area contributed by atoms with E-state index in [0.29, 0.717) is 6.61 Å². The molecule has 68 valence electrons. The first-order valence-electron chi connectivity index (χ1n) is 4.46. The molecule has 1 heteroatoms. The molecule has 0 aliphatic heterocycles. The number of terminal acetylenes is 1. The summed E-state index contributed by atoms with van der Waals surface area (Å²) in [7, 11) is 0. The summed E-state index contributed by atoms with van der Waals surface area (Å²) in [4.78, 5) is 0. The Morgan fingerprint density at radius 2 is 2.00 bits per heavy atom. The summed E-state index contributed by atoms with van der Waals surface area (Å²) < 4.78 is 5.47. The molecule has 0 spiro atoms. The summed E-state index contributed by atoms with van der Waals surface area (Å²) in [5.41, 5.74) is 1.25. The maximum atomic E-state index is 5.47. The molecule has 0 unspecified atom stereocenters. The molecule has 0 saturated heterocycles. The summed E-state index contributed by atoms with van der Waals surface area (Å²) in [5.74, 6) is 3.50. The summed E-state index contributed by atoms with van der Waals surface area (Å²) >= 11 is 0. The van der Waals surface area contributed by atoms with Gasteiger partial charge in [0.05, 0.1) is 6.61 Å². The normalized spacial score (nSPS) is 9.23. The summed E-state index contributed by atoms with van der Waals surface area (Å²) in [6.07, 6.45) is 6.83. The zero-order chi connectivity index (χ0) is 9.52. The smallest absolute Gasteiger partial charge is 0.119 e. The fourth-order valence-corrected chi connectivity index (χ4v) is 0.999. The van der Waals surface area contributed by atoms with E-state index in [0.717, 1.165) is 18.6 Å². The van der Waals surface area contributed by atoms with Gasteiger partial charge < -0.3 is 4.74 Å². The second kappa shape index (κ2) is 5.27. The standard InChI is InChI=1S/C12H14O/c1-3-4-5-10-13-12-8-6-11(2)7-9-12/h1,6-9H,4-5,10H2,2H3. The molecule has 13 heavy (non-hydrogen) atoms. The van der Waals surface area contributed by atoms with Crippen LogP contribution in [0.1, 0.15) is 18.4 Å². The number of hydrogen-bond acceptors (Lipinski definition) is 1. The van der Waals surface area contributed by atoms with Crippen molar-refractivity contribution in [1.82, 2.24) is 0 Å². The number of aryl methyl sites for hydroxylation is 1. The van der Waals surface area contributed by atoms with Crippen molar-refractivity contribution in [3.05, 3.63) is 29.8 Å². The molecule has 1 aromatic rings. The van der Waals surface area contributed by atoms with Crippen molar-refractivity contribution in [2.24, 2.45) is 0 Å². The fourth-order valence-electron chi connectivity index (χ4n) is 0.999. The molecule has 1 aromatic carbocycles. The molecule has 0 atom stereocenters. The van der Waals surface area contributed by atoms with E-state index in [2.05, 4.69) is 12.8 Å². The van der Waals surface area contributed by atoms with E-state index in [4.69, 9.17) is 11.2 Å². The van der Waals surface area contributed by atoms with E-state index in [1.807, 2.05) is 24.3 Å². The highest BCUT2D eigenvalue weighted by molar-refractivity contribution is 5.26. The highest BCUT2D eigenvalue weighted by Crippen LogP contribution is 2.11. The molecule has 0 N–H and O–H groups in total. The van der Waals surface area contributed by atoms with Gasteiger partial charge in [0.2, 0.25) is 0 Å². The van der Waals surface area contributed by atoms with Gasteiger partial charge in [-0.05, 0) is 25.5 Å². The van der Waals surface area contributed by atoms with Crippen LogP contribution in [-0.4, -0.2) is 6.61 Å². The SMILES string of the molecule is C#CCCCOc1ccc(C)cc1. The Bertz CT molecular complexity index is 279. The summed E-state index contributed by atoms with van der Waals surface area (Å²) in [5, 5.41) is 0. The molecule has 1 nitrogen and oxygen atoms in total. The van der Waals surface area contributed by atoms with Crippen LogP contribution in [0.25, 0.3) is 0 Å². The lowest BCUT2D eigenvalue weighted by Gasteiger charge is -2.04. The third kappa shape index (κ3) is 3.66. The van der Waals surface area contributed by atoms with Crippen LogP contribution in [0.2, 0.25) is 0 Å². The molecule has 0 aliphatic rings. The van der Waals surface area contributed by atoms with Gasteiger partial charge in [0, 0.05) is 6.42 Å². The van der Waals surface area contributed by atoms with E-state index in [1.165, 1.54) is 5.56 Å². The first kappa shape index (κ1) is 9.67. The lowest BCUT2D eigenvalue weighted by Crippen LogP contribution is -1.96. The third-order valence-corrected chi connectivity index (χ3v) is 1.76. The first-order chi connectivity index (χ1) is 6.33. The quantitative estimate of drug-likeness (QED) is 0.504. The van der Waals surface area contributed by atoms with E-state index >= 15 is 0 Å². The van der Waals surface area contributed by atoms with E-state index in [1.54, 1.807) is 0 Å². The number of hydrogen-bond donors (Lipinski definition) is 0. The first-order valence-corrected chi connectivity index (χ1v) is 4.46. The van der Waals surface area contributed by atoms with Crippen LogP contribution in [0, 0.1) is 19.3 Å². The second-order valence-electron chi connectivity index (χ2n) is 2.97. The third-order valence-electron chi connectivity index (χ3n) is 1.76. The molecule has 0 saturated carbocycles. The maximum Gasteiger partial charge on any atom is 0.119 e. The lowest BCUT2D eigenvalue weighted by atomic mass is 10.2. The predicted molar refractivity (Wildman–Crippen MR) is 54.7 cm³/mol. The highest BCUT2D eigenvalue weighted by atomic mass is 16.5. The Hall–Kier alpha value is -1.42. The number of ether oxygens (including phenoxy) is 1. The van der Waals surface area contributed by atoms with Gasteiger partial charge >= 0.3 is 0 Å². The van der Waals surface area contributed by atoms with Gasteiger partial charge in [-0.2, -0.15) is 0 Å². The highest BCUT2D eigenvalue weighted by Gasteiger charge is 1.91. The molecule has 1 rings (SSSR count). The Labute approximate surface area is 79.7 Å². The van der Waals surface area contributed by atoms with Gasteiger partial charge in [-0.3, -0.25) is 0 Å². The Kier molecular flexibility index (Phi) is 3.92. The summed E-state index contributed by atoms with van der Waals surface area (Å²) in [6.45, 7) is 2.76. The average Bonchev–Trinajstić information content (AvgIpc) is 2.15. The van der Waals surface area contributed by atoms with Crippen molar-refractivity contribution in [2.75, 3.05) is 6.61 Å². The molecule has 0 bridgehead atoms. The zero-order valence-electron chi connectivity index (χ0n) is 7.92. The molecule has 0 amide bonds. The number of benzene rings is 1. The minimum Gasteiger partial charge on any atom is -0.494 e. The fraction of sp³-hybridized carbons (Fsp3) is 0.333. The van der Waals surface area contributed by atoms with Crippen molar-refractivity contribution >= 4 is 0 Å². The molecule has 0 radical (unpaired) electrons. The van der Waals surface area contributed by atoms with Gasteiger partial charge in [0.1, 0.15) is 5.75 Å². The molecular weight excluding hydrogens is 160 g/mol. The van der Waals surface area contributed by atoms with E-state index in [-0.39, 0.29) is 0 Å². The van der Waals surface area contributed by atoms with Gasteiger partial charge in [-0.25, -0.2) is 0 Å². The van der Waals surface area contributed by atoms with Crippen LogP contribution in [0.3, 0.4) is 0 Å². The summed E-state index contributed by atoms with van der Waals surface area (Å²) in [6, 6.07) is 8.03. The van der Waals surface area contributed by atoms with Crippen molar-refractivity contribution in [1.29, 1.82) is 0 Å². The van der Waals surface area contributed by atoms with Crippen LogP contribution in [0.4, 0.5) is 0 Å². The van der Waals surface area contributed by atoms with Gasteiger partial charge in [0.25, 0.3) is 0 Å². The van der Waals surface area contributed by atoms with E-state index < -0.39 is 0 Å². The van der Waals surface area contributed by atoms with Gasteiger partial charge in [-0.15, -0.1) is 12.3 Å². The zero-order valence-corrected chi connectivity index (χ0v) is 7.92. The average molecular weight is 174 g/mol. The molecular formula is C12H14O. The Morgan fingerprint density at radius 1 is 1.31 bits per heavy atom. The van der Waals surface area contributed by atoms with E-state index in [9.17, 15) is 0 Å². The lowest BCUT2D eigenvalue weighted by molar-refractivity contribution is 0.313. The van der Waals surface area contributed by atoms with Crippen LogP contribution in [0.15, 0.2) is 24.3 Å². The molecule has 0 aliphatic carbocycles. The second-order valence-corrected chi connectivity index (χ2v) is 2.97. The Morgan fingerprint density at radius 3 is 2.62 bits per heavy atom. The predicted octanol–water partition coefficient (Wildman–Crippen LogP) is 2.79. The van der Waals surface area contributed by atoms with Crippen molar-refractivity contribution in [2.45, 2.75) is 19.8 Å². The maximum absolute atomic E-state index is 5.47. The Balaban J connectivity index is 2.30.